The molecule has 0 amide bonds. The van der Waals surface area contributed by atoms with Gasteiger partial charge in [-0.25, -0.2) is 0 Å². The van der Waals surface area contributed by atoms with Crippen molar-refractivity contribution in [1.82, 2.24) is 5.32 Å². The van der Waals surface area contributed by atoms with Gasteiger partial charge in [-0.2, -0.15) is 0 Å². The predicted molar refractivity (Wildman–Crippen MR) is 58.6 cm³/mol. The quantitative estimate of drug-likeness (QED) is 0.591. The van der Waals surface area contributed by atoms with Crippen LogP contribution in [0.15, 0.2) is 0 Å². The van der Waals surface area contributed by atoms with Crippen molar-refractivity contribution in [2.75, 3.05) is 13.1 Å². The van der Waals surface area contributed by atoms with E-state index in [1.807, 2.05) is 27.7 Å². The van der Waals surface area contributed by atoms with Crippen molar-refractivity contribution in [1.29, 1.82) is 0 Å². The van der Waals surface area contributed by atoms with E-state index in [-0.39, 0.29) is 0 Å². The van der Waals surface area contributed by atoms with Crippen LogP contribution in [0.25, 0.3) is 0 Å². The lowest BCUT2D eigenvalue weighted by Crippen LogP contribution is -2.13. The summed E-state index contributed by atoms with van der Waals surface area (Å²) in [7, 11) is 0. The Labute approximate surface area is 78.9 Å². The molecule has 0 aromatic heterocycles. The molecule has 1 heterocycles. The van der Waals surface area contributed by atoms with E-state index in [0.717, 1.165) is 5.92 Å². The normalized spacial score (nSPS) is 22.2. The van der Waals surface area contributed by atoms with Gasteiger partial charge in [0.2, 0.25) is 0 Å². The summed E-state index contributed by atoms with van der Waals surface area (Å²) in [5, 5.41) is 3.38. The SMILES string of the molecule is CC.CC.CC1CCCNCC1. The Morgan fingerprint density at radius 2 is 1.50 bits per heavy atom. The summed E-state index contributed by atoms with van der Waals surface area (Å²) in [5.74, 6) is 0.963. The molecule has 12 heavy (non-hydrogen) atoms. The summed E-state index contributed by atoms with van der Waals surface area (Å²) in [4.78, 5) is 0. The van der Waals surface area contributed by atoms with E-state index in [1.165, 1.54) is 32.4 Å². The van der Waals surface area contributed by atoms with Crippen LogP contribution in [0.1, 0.15) is 53.9 Å². The molecule has 1 nitrogen and oxygen atoms in total. The molecule has 1 unspecified atom stereocenters. The fourth-order valence-corrected chi connectivity index (χ4v) is 1.19. The topological polar surface area (TPSA) is 12.0 Å². The van der Waals surface area contributed by atoms with E-state index < -0.39 is 0 Å². The van der Waals surface area contributed by atoms with Gasteiger partial charge < -0.3 is 5.32 Å². The third kappa shape index (κ3) is 9.96. The largest absolute Gasteiger partial charge is 0.317 e. The van der Waals surface area contributed by atoms with Crippen molar-refractivity contribution in [2.45, 2.75) is 53.9 Å². The van der Waals surface area contributed by atoms with Gasteiger partial charge in [0.1, 0.15) is 0 Å². The molecular formula is C11H27N. The highest BCUT2D eigenvalue weighted by atomic mass is 14.8. The van der Waals surface area contributed by atoms with Crippen LogP contribution in [-0.2, 0) is 0 Å². The molecule has 1 N–H and O–H groups in total. The summed E-state index contributed by atoms with van der Waals surface area (Å²) < 4.78 is 0. The van der Waals surface area contributed by atoms with Crippen LogP contribution in [0.4, 0.5) is 0 Å². The van der Waals surface area contributed by atoms with Crippen LogP contribution < -0.4 is 5.32 Å². The summed E-state index contributed by atoms with van der Waals surface area (Å²) in [6.07, 6.45) is 4.17. The van der Waals surface area contributed by atoms with Crippen LogP contribution in [0.5, 0.6) is 0 Å². The summed E-state index contributed by atoms with van der Waals surface area (Å²) in [6, 6.07) is 0. The standard InChI is InChI=1S/C7H15N.2C2H6/c1-7-3-2-5-8-6-4-7;2*1-2/h7-8H,2-6H2,1H3;2*1-2H3. The Kier molecular flexibility index (Phi) is 16.3. The third-order valence-electron chi connectivity index (χ3n) is 1.86. The molecule has 1 atom stereocenters. The van der Waals surface area contributed by atoms with Crippen LogP contribution in [0.3, 0.4) is 0 Å². The minimum atomic E-state index is 0.963. The van der Waals surface area contributed by atoms with E-state index in [0.29, 0.717) is 0 Å². The van der Waals surface area contributed by atoms with Crippen molar-refractivity contribution in [3.05, 3.63) is 0 Å². The number of hydrogen-bond acceptors (Lipinski definition) is 1. The van der Waals surface area contributed by atoms with Gasteiger partial charge in [-0.05, 0) is 38.3 Å². The first-order valence-corrected chi connectivity index (χ1v) is 5.60. The van der Waals surface area contributed by atoms with Crippen LogP contribution in [-0.4, -0.2) is 13.1 Å². The Hall–Kier alpha value is -0.0400. The van der Waals surface area contributed by atoms with E-state index in [2.05, 4.69) is 12.2 Å². The summed E-state index contributed by atoms with van der Waals surface area (Å²) >= 11 is 0. The molecule has 1 aliphatic heterocycles. The Bertz CT molecular complexity index is 54.0. The highest BCUT2D eigenvalue weighted by Crippen LogP contribution is 2.10. The van der Waals surface area contributed by atoms with E-state index in [9.17, 15) is 0 Å². The smallest absolute Gasteiger partial charge is 0.00464 e. The minimum absolute atomic E-state index is 0.963. The first-order chi connectivity index (χ1) is 5.89. The molecular weight excluding hydrogens is 146 g/mol. The van der Waals surface area contributed by atoms with Gasteiger partial charge in [0.15, 0.2) is 0 Å². The fraction of sp³-hybridized carbons (Fsp3) is 1.00. The second-order valence-electron chi connectivity index (χ2n) is 2.79. The van der Waals surface area contributed by atoms with Crippen molar-refractivity contribution < 1.29 is 0 Å². The molecule has 0 spiro atoms. The van der Waals surface area contributed by atoms with Crippen molar-refractivity contribution in [3.8, 4) is 0 Å². The molecule has 0 aromatic carbocycles. The molecule has 0 saturated carbocycles. The van der Waals surface area contributed by atoms with Crippen molar-refractivity contribution >= 4 is 0 Å². The third-order valence-corrected chi connectivity index (χ3v) is 1.86. The maximum Gasteiger partial charge on any atom is -0.00464 e. The minimum Gasteiger partial charge on any atom is -0.317 e. The monoisotopic (exact) mass is 173 g/mol. The van der Waals surface area contributed by atoms with Gasteiger partial charge in [0.05, 0.1) is 0 Å². The van der Waals surface area contributed by atoms with Gasteiger partial charge >= 0.3 is 0 Å². The average Bonchev–Trinajstić information content (AvgIpc) is 2.40. The lowest BCUT2D eigenvalue weighted by atomic mass is 10.0. The highest BCUT2D eigenvalue weighted by molar-refractivity contribution is 4.61. The first-order valence-electron chi connectivity index (χ1n) is 5.60. The van der Waals surface area contributed by atoms with E-state index in [1.54, 1.807) is 0 Å². The van der Waals surface area contributed by atoms with Crippen LogP contribution in [0.2, 0.25) is 0 Å². The fourth-order valence-electron chi connectivity index (χ4n) is 1.19. The van der Waals surface area contributed by atoms with Gasteiger partial charge in [-0.3, -0.25) is 0 Å². The Morgan fingerprint density at radius 1 is 0.917 bits per heavy atom. The molecule has 0 bridgehead atoms. The summed E-state index contributed by atoms with van der Waals surface area (Å²) in [5.41, 5.74) is 0. The molecule has 0 aromatic rings. The predicted octanol–water partition coefficient (Wildman–Crippen LogP) is 3.45. The first kappa shape index (κ1) is 14.5. The maximum atomic E-state index is 3.38. The van der Waals surface area contributed by atoms with Crippen molar-refractivity contribution in [3.63, 3.8) is 0 Å². The zero-order valence-corrected chi connectivity index (χ0v) is 9.61. The summed E-state index contributed by atoms with van der Waals surface area (Å²) in [6.45, 7) is 12.8. The number of nitrogens with one attached hydrogen (secondary N) is 1. The van der Waals surface area contributed by atoms with E-state index >= 15 is 0 Å². The molecule has 1 aliphatic rings. The van der Waals surface area contributed by atoms with Gasteiger partial charge in [-0.1, -0.05) is 34.6 Å². The Balaban J connectivity index is 0. The van der Waals surface area contributed by atoms with Crippen LogP contribution in [0, 0.1) is 5.92 Å². The second kappa shape index (κ2) is 13.5. The lowest BCUT2D eigenvalue weighted by Gasteiger charge is -2.02. The molecule has 1 fully saturated rings. The highest BCUT2D eigenvalue weighted by Gasteiger charge is 2.04. The maximum absolute atomic E-state index is 3.38. The molecule has 0 radical (unpaired) electrons. The molecule has 0 aliphatic carbocycles. The number of rotatable bonds is 0. The van der Waals surface area contributed by atoms with Gasteiger partial charge in [0.25, 0.3) is 0 Å². The molecule has 76 valence electrons. The number of hydrogen-bond donors (Lipinski definition) is 1. The zero-order chi connectivity index (χ0) is 9.82. The molecule has 1 heteroatoms. The van der Waals surface area contributed by atoms with Gasteiger partial charge in [-0.15, -0.1) is 0 Å². The zero-order valence-electron chi connectivity index (χ0n) is 9.61. The average molecular weight is 173 g/mol. The Morgan fingerprint density at radius 3 is 2.08 bits per heavy atom. The van der Waals surface area contributed by atoms with Gasteiger partial charge in [0, 0.05) is 0 Å². The van der Waals surface area contributed by atoms with E-state index in [4.69, 9.17) is 0 Å². The molecule has 1 saturated heterocycles. The van der Waals surface area contributed by atoms with Crippen molar-refractivity contribution in [2.24, 2.45) is 5.92 Å². The van der Waals surface area contributed by atoms with Crippen LogP contribution >= 0.6 is 0 Å². The second-order valence-corrected chi connectivity index (χ2v) is 2.79. The lowest BCUT2D eigenvalue weighted by molar-refractivity contribution is 0.519. The molecule has 1 rings (SSSR count).